The molecule has 0 saturated carbocycles. The summed E-state index contributed by atoms with van der Waals surface area (Å²) >= 11 is 0. The second-order valence-corrected chi connectivity index (χ2v) is 5.56. The van der Waals surface area contributed by atoms with E-state index in [0.29, 0.717) is 12.1 Å². The molecule has 0 fully saturated rings. The molecule has 130 valence electrons. The van der Waals surface area contributed by atoms with Crippen molar-refractivity contribution >= 4 is 11.5 Å². The van der Waals surface area contributed by atoms with Gasteiger partial charge in [0.2, 0.25) is 0 Å². The number of nitrogens with two attached hydrogens (primary N) is 1. The van der Waals surface area contributed by atoms with E-state index in [-0.39, 0.29) is 5.84 Å². The van der Waals surface area contributed by atoms with Gasteiger partial charge in [-0.05, 0) is 54.1 Å². The summed E-state index contributed by atoms with van der Waals surface area (Å²) in [7, 11) is 0. The molecule has 3 rings (SSSR count). The monoisotopic (exact) mass is 345 g/mol. The van der Waals surface area contributed by atoms with E-state index in [4.69, 9.17) is 16.0 Å². The van der Waals surface area contributed by atoms with E-state index in [1.54, 1.807) is 12.1 Å². The van der Waals surface area contributed by atoms with Crippen LogP contribution in [0.1, 0.15) is 11.1 Å². The lowest BCUT2D eigenvalue weighted by Gasteiger charge is -2.10. The Balaban J connectivity index is 1.61. The number of hydrogen-bond acceptors (Lipinski definition) is 4. The van der Waals surface area contributed by atoms with Crippen molar-refractivity contribution in [2.45, 2.75) is 6.54 Å². The number of anilines is 1. The normalized spacial score (nSPS) is 10.6. The Morgan fingerprint density at radius 2 is 1.65 bits per heavy atom. The van der Waals surface area contributed by atoms with Crippen molar-refractivity contribution < 1.29 is 4.74 Å². The molecule has 0 amide bonds. The molecule has 0 aliphatic carbocycles. The fraction of sp³-hybridized carbons (Fsp3) is 0.0500. The lowest BCUT2D eigenvalue weighted by atomic mass is 10.1. The summed E-state index contributed by atoms with van der Waals surface area (Å²) in [6.45, 7) is 0.658. The fourth-order valence-corrected chi connectivity index (χ4v) is 2.41. The van der Waals surface area contributed by atoms with E-state index in [0.717, 1.165) is 22.7 Å². The number of para-hydroxylation sites is 1. The van der Waals surface area contributed by atoms with E-state index in [1.165, 1.54) is 0 Å². The summed E-state index contributed by atoms with van der Waals surface area (Å²) in [5.41, 5.74) is 2.70. The third kappa shape index (κ3) is 4.67. The zero-order valence-electron chi connectivity index (χ0n) is 14.1. The Bertz CT molecular complexity index is 892. The zero-order valence-corrected chi connectivity index (χ0v) is 14.1. The molecule has 0 atom stereocenters. The van der Waals surface area contributed by atoms with Crippen LogP contribution < -0.4 is 15.9 Å². The van der Waals surface area contributed by atoms with Gasteiger partial charge in [-0.3, -0.25) is 5.41 Å². The Morgan fingerprint density at radius 1 is 0.923 bits per heavy atom. The van der Waals surface area contributed by atoms with Crippen LogP contribution in [0.15, 0.2) is 89.2 Å². The highest BCUT2D eigenvalue weighted by molar-refractivity contribution is 5.96. The Kier molecular flexibility index (Phi) is 5.57. The van der Waals surface area contributed by atoms with Crippen molar-refractivity contribution in [3.05, 3.63) is 90.0 Å². The zero-order chi connectivity index (χ0) is 18.2. The summed E-state index contributed by atoms with van der Waals surface area (Å²) in [5.74, 6) is 6.60. The quantitative estimate of drug-likeness (QED) is 0.198. The van der Waals surface area contributed by atoms with Gasteiger partial charge >= 0.3 is 0 Å². The topological polar surface area (TPSA) is 95.9 Å². The van der Waals surface area contributed by atoms with Gasteiger partial charge in [0.25, 0.3) is 0 Å². The molecule has 0 aromatic heterocycles. The highest BCUT2D eigenvalue weighted by Gasteiger charge is 2.02. The second-order valence-electron chi connectivity index (χ2n) is 5.56. The average molecular weight is 345 g/mol. The van der Waals surface area contributed by atoms with E-state index in [9.17, 15) is 0 Å². The van der Waals surface area contributed by atoms with Crippen molar-refractivity contribution in [2.24, 2.45) is 16.2 Å². The summed E-state index contributed by atoms with van der Waals surface area (Å²) in [6, 6.07) is 25.0. The van der Waals surface area contributed by atoms with E-state index < -0.39 is 0 Å². The van der Waals surface area contributed by atoms with Crippen LogP contribution in [0.5, 0.6) is 11.5 Å². The molecule has 0 radical (unpaired) electrons. The van der Waals surface area contributed by atoms with Gasteiger partial charge in [0.05, 0.1) is 0 Å². The molecular formula is C20H19N5O. The first-order chi connectivity index (χ1) is 12.7. The average Bonchev–Trinajstić information content (AvgIpc) is 2.68. The molecule has 3 aromatic carbocycles. The predicted molar refractivity (Wildman–Crippen MR) is 103 cm³/mol. The van der Waals surface area contributed by atoms with Crippen LogP contribution in [0.25, 0.3) is 0 Å². The Hall–Kier alpha value is -3.67. The number of benzene rings is 3. The van der Waals surface area contributed by atoms with Crippen LogP contribution in [0.4, 0.5) is 5.69 Å². The minimum atomic E-state index is 0.0322. The number of nitrogens with one attached hydrogen (secondary N) is 2. The SMILES string of the molecule is N=C(N=NN)c1ccc(NCc2cccc(Oc3ccccc3)c2)cc1. The number of amidine groups is 1. The highest BCUT2D eigenvalue weighted by atomic mass is 16.5. The molecule has 0 saturated heterocycles. The van der Waals surface area contributed by atoms with Crippen LogP contribution in [-0.4, -0.2) is 5.84 Å². The Morgan fingerprint density at radius 3 is 2.38 bits per heavy atom. The molecule has 6 nitrogen and oxygen atoms in total. The van der Waals surface area contributed by atoms with Gasteiger partial charge in [0.15, 0.2) is 5.84 Å². The third-order valence-corrected chi connectivity index (χ3v) is 3.69. The smallest absolute Gasteiger partial charge is 0.176 e. The lowest BCUT2D eigenvalue weighted by molar-refractivity contribution is 0.482. The van der Waals surface area contributed by atoms with Crippen molar-refractivity contribution in [2.75, 3.05) is 5.32 Å². The maximum absolute atomic E-state index is 7.68. The third-order valence-electron chi connectivity index (χ3n) is 3.69. The first-order valence-corrected chi connectivity index (χ1v) is 8.10. The maximum Gasteiger partial charge on any atom is 0.176 e. The van der Waals surface area contributed by atoms with Gasteiger partial charge in [-0.25, -0.2) is 0 Å². The minimum Gasteiger partial charge on any atom is -0.457 e. The molecule has 0 bridgehead atoms. The molecule has 0 aliphatic heterocycles. The lowest BCUT2D eigenvalue weighted by Crippen LogP contribution is -2.01. The number of ether oxygens (including phenoxy) is 1. The second kappa shape index (κ2) is 8.43. The maximum atomic E-state index is 7.68. The van der Waals surface area contributed by atoms with Gasteiger partial charge in [-0.1, -0.05) is 35.6 Å². The van der Waals surface area contributed by atoms with Crippen LogP contribution in [0, 0.1) is 5.41 Å². The molecule has 0 unspecified atom stereocenters. The van der Waals surface area contributed by atoms with Gasteiger partial charge in [0, 0.05) is 17.8 Å². The highest BCUT2D eigenvalue weighted by Crippen LogP contribution is 2.22. The first kappa shape index (κ1) is 17.2. The summed E-state index contributed by atoms with van der Waals surface area (Å²) in [6.07, 6.45) is 0. The van der Waals surface area contributed by atoms with Crippen LogP contribution >= 0.6 is 0 Å². The molecule has 4 N–H and O–H groups in total. The summed E-state index contributed by atoms with van der Waals surface area (Å²) in [4.78, 5) is 0. The van der Waals surface area contributed by atoms with Gasteiger partial charge in [-0.15, -0.1) is 5.11 Å². The number of hydrogen-bond donors (Lipinski definition) is 3. The van der Waals surface area contributed by atoms with Crippen molar-refractivity contribution in [3.8, 4) is 11.5 Å². The molecule has 0 aliphatic rings. The standard InChI is InChI=1S/C20H19N5O/c21-20(24-25-22)16-9-11-17(12-10-16)23-14-15-5-4-8-19(13-15)26-18-6-2-1-3-7-18/h1-13,23H,14H2,(H3,21,22,24). The van der Waals surface area contributed by atoms with Crippen LogP contribution in [0.2, 0.25) is 0 Å². The molecule has 6 heteroatoms. The van der Waals surface area contributed by atoms with E-state index >= 15 is 0 Å². The fourth-order valence-electron chi connectivity index (χ4n) is 2.41. The molecule has 3 aromatic rings. The molecule has 26 heavy (non-hydrogen) atoms. The summed E-state index contributed by atoms with van der Waals surface area (Å²) in [5, 5.41) is 17.7. The van der Waals surface area contributed by atoms with Crippen LogP contribution in [-0.2, 0) is 6.54 Å². The van der Waals surface area contributed by atoms with Crippen molar-refractivity contribution in [3.63, 3.8) is 0 Å². The van der Waals surface area contributed by atoms with Crippen LogP contribution in [0.3, 0.4) is 0 Å². The largest absolute Gasteiger partial charge is 0.457 e. The number of nitrogens with zero attached hydrogens (tertiary/aromatic N) is 2. The molecule has 0 heterocycles. The van der Waals surface area contributed by atoms with Gasteiger partial charge in [-0.2, -0.15) is 0 Å². The minimum absolute atomic E-state index is 0.0322. The van der Waals surface area contributed by atoms with Crippen molar-refractivity contribution in [1.29, 1.82) is 5.41 Å². The summed E-state index contributed by atoms with van der Waals surface area (Å²) < 4.78 is 5.86. The number of rotatable bonds is 6. The molecule has 0 spiro atoms. The van der Waals surface area contributed by atoms with Gasteiger partial charge in [0.1, 0.15) is 11.5 Å². The van der Waals surface area contributed by atoms with E-state index in [2.05, 4.69) is 15.7 Å². The van der Waals surface area contributed by atoms with E-state index in [1.807, 2.05) is 66.7 Å². The van der Waals surface area contributed by atoms with Gasteiger partial charge < -0.3 is 15.9 Å². The predicted octanol–water partition coefficient (Wildman–Crippen LogP) is 4.74. The Labute approximate surface area is 151 Å². The van der Waals surface area contributed by atoms with Crippen molar-refractivity contribution in [1.82, 2.24) is 0 Å². The molecular weight excluding hydrogens is 326 g/mol. The first-order valence-electron chi connectivity index (χ1n) is 8.10.